The minimum absolute atomic E-state index is 0.321. The summed E-state index contributed by atoms with van der Waals surface area (Å²) in [5.41, 5.74) is 5.75. The molecule has 0 aromatic carbocycles. The Morgan fingerprint density at radius 3 is 2.87 bits per heavy atom. The van der Waals surface area contributed by atoms with E-state index in [1.54, 1.807) is 18.4 Å². The van der Waals surface area contributed by atoms with Gasteiger partial charge in [0.15, 0.2) is 0 Å². The third-order valence-corrected chi connectivity index (χ3v) is 3.35. The Balaban J connectivity index is 2.53. The molecule has 0 aliphatic heterocycles. The lowest BCUT2D eigenvalue weighted by Crippen LogP contribution is -2.42. The van der Waals surface area contributed by atoms with Gasteiger partial charge < -0.3 is 10.5 Å². The van der Waals surface area contributed by atoms with Crippen molar-refractivity contribution < 1.29 is 4.74 Å². The highest BCUT2D eigenvalue weighted by molar-refractivity contribution is 7.09. The van der Waals surface area contributed by atoms with Crippen LogP contribution < -0.4 is 5.73 Å². The molecule has 86 valence electrons. The van der Waals surface area contributed by atoms with Crippen LogP contribution >= 0.6 is 11.3 Å². The smallest absolute Gasteiger partial charge is 0.0630 e. The fraction of sp³-hybridized carbons (Fsp3) is 0.636. The summed E-state index contributed by atoms with van der Waals surface area (Å²) in [4.78, 5) is 3.74. The van der Waals surface area contributed by atoms with Gasteiger partial charge >= 0.3 is 0 Å². The molecule has 0 saturated heterocycles. The lowest BCUT2D eigenvalue weighted by atomic mass is 10.2. The summed E-state index contributed by atoms with van der Waals surface area (Å²) < 4.78 is 5.18. The highest BCUT2D eigenvalue weighted by atomic mass is 32.1. The maximum absolute atomic E-state index is 5.75. The van der Waals surface area contributed by atoms with Crippen LogP contribution in [-0.2, 0) is 11.3 Å². The second kappa shape index (κ2) is 6.95. The number of ether oxygens (including phenoxy) is 1. The quantitative estimate of drug-likeness (QED) is 0.769. The zero-order valence-electron chi connectivity index (χ0n) is 9.48. The van der Waals surface area contributed by atoms with Crippen molar-refractivity contribution in [2.75, 3.05) is 26.8 Å². The van der Waals surface area contributed by atoms with E-state index in [9.17, 15) is 0 Å². The zero-order valence-corrected chi connectivity index (χ0v) is 10.3. The molecule has 0 bridgehead atoms. The summed E-state index contributed by atoms with van der Waals surface area (Å²) in [6.07, 6.45) is 0. The number of hydrogen-bond acceptors (Lipinski definition) is 4. The Labute approximate surface area is 95.8 Å². The second-order valence-electron chi connectivity index (χ2n) is 3.49. The third kappa shape index (κ3) is 3.91. The molecule has 1 aromatic rings. The lowest BCUT2D eigenvalue weighted by Gasteiger charge is -2.28. The molecule has 0 saturated carbocycles. The molecule has 1 rings (SSSR count). The van der Waals surface area contributed by atoms with Crippen LogP contribution in [0.15, 0.2) is 17.5 Å². The number of rotatable bonds is 7. The molecule has 0 aliphatic rings. The van der Waals surface area contributed by atoms with Crippen molar-refractivity contribution in [3.8, 4) is 0 Å². The van der Waals surface area contributed by atoms with Gasteiger partial charge in [0.2, 0.25) is 0 Å². The number of methoxy groups -OCH3 is 1. The molecule has 0 fully saturated rings. The molecule has 0 amide bonds. The van der Waals surface area contributed by atoms with Crippen molar-refractivity contribution >= 4 is 11.3 Å². The highest BCUT2D eigenvalue weighted by Crippen LogP contribution is 2.13. The Morgan fingerprint density at radius 1 is 1.60 bits per heavy atom. The van der Waals surface area contributed by atoms with Crippen LogP contribution in [0.25, 0.3) is 0 Å². The number of thiophene rings is 1. The van der Waals surface area contributed by atoms with E-state index in [1.807, 2.05) is 0 Å². The summed E-state index contributed by atoms with van der Waals surface area (Å²) in [5.74, 6) is 0. The average Bonchev–Trinajstić information content (AvgIpc) is 2.75. The van der Waals surface area contributed by atoms with E-state index in [-0.39, 0.29) is 0 Å². The molecule has 1 atom stereocenters. The minimum atomic E-state index is 0.321. The first-order valence-corrected chi connectivity index (χ1v) is 6.15. The van der Waals surface area contributed by atoms with E-state index in [0.717, 1.165) is 13.1 Å². The van der Waals surface area contributed by atoms with Crippen molar-refractivity contribution in [1.29, 1.82) is 0 Å². The minimum Gasteiger partial charge on any atom is -0.383 e. The van der Waals surface area contributed by atoms with Gasteiger partial charge in [-0.15, -0.1) is 11.3 Å². The van der Waals surface area contributed by atoms with Gasteiger partial charge in [-0.2, -0.15) is 0 Å². The molecule has 2 N–H and O–H groups in total. The molecular weight excluding hydrogens is 208 g/mol. The van der Waals surface area contributed by atoms with Gasteiger partial charge in [0.05, 0.1) is 6.61 Å². The van der Waals surface area contributed by atoms with Gasteiger partial charge in [-0.05, 0) is 18.0 Å². The first kappa shape index (κ1) is 12.6. The summed E-state index contributed by atoms with van der Waals surface area (Å²) in [6, 6.07) is 4.57. The summed E-state index contributed by atoms with van der Waals surface area (Å²) in [5, 5.41) is 2.11. The van der Waals surface area contributed by atoms with E-state index < -0.39 is 0 Å². The molecular formula is C11H20N2OS. The molecule has 1 aromatic heterocycles. The highest BCUT2D eigenvalue weighted by Gasteiger charge is 2.15. The molecule has 0 spiro atoms. The van der Waals surface area contributed by atoms with Gasteiger partial charge in [0.1, 0.15) is 0 Å². The van der Waals surface area contributed by atoms with Gasteiger partial charge in [-0.1, -0.05) is 13.0 Å². The molecule has 1 heterocycles. The van der Waals surface area contributed by atoms with E-state index in [0.29, 0.717) is 19.2 Å². The van der Waals surface area contributed by atoms with Gasteiger partial charge in [0.25, 0.3) is 0 Å². The van der Waals surface area contributed by atoms with Crippen LogP contribution in [0.5, 0.6) is 0 Å². The maximum atomic E-state index is 5.75. The van der Waals surface area contributed by atoms with Crippen LogP contribution in [-0.4, -0.2) is 37.7 Å². The van der Waals surface area contributed by atoms with Crippen molar-refractivity contribution in [2.45, 2.75) is 19.5 Å². The zero-order chi connectivity index (χ0) is 11.1. The summed E-state index contributed by atoms with van der Waals surface area (Å²) in [7, 11) is 1.72. The van der Waals surface area contributed by atoms with Crippen LogP contribution in [0.2, 0.25) is 0 Å². The standard InChI is InChI=1S/C11H20N2OS/c1-3-13(10(7-12)9-14-2)8-11-5-4-6-15-11/h4-6,10H,3,7-9,12H2,1-2H3. The van der Waals surface area contributed by atoms with Crippen LogP contribution in [0.1, 0.15) is 11.8 Å². The Bertz CT molecular complexity index is 251. The number of likely N-dealkylation sites (N-methyl/N-ethyl adjacent to an activating group) is 1. The number of nitrogens with zero attached hydrogens (tertiary/aromatic N) is 1. The van der Waals surface area contributed by atoms with Gasteiger partial charge in [-0.3, -0.25) is 4.90 Å². The number of hydrogen-bond donors (Lipinski definition) is 1. The topological polar surface area (TPSA) is 38.5 Å². The molecule has 1 unspecified atom stereocenters. The van der Waals surface area contributed by atoms with Crippen LogP contribution in [0, 0.1) is 0 Å². The Kier molecular flexibility index (Phi) is 5.86. The third-order valence-electron chi connectivity index (χ3n) is 2.49. The average molecular weight is 228 g/mol. The largest absolute Gasteiger partial charge is 0.383 e. The SMILES string of the molecule is CCN(Cc1cccs1)C(CN)COC. The van der Waals surface area contributed by atoms with Crippen molar-refractivity contribution in [3.63, 3.8) is 0 Å². The van der Waals surface area contributed by atoms with Gasteiger partial charge in [-0.25, -0.2) is 0 Å². The normalized spacial score (nSPS) is 13.3. The van der Waals surface area contributed by atoms with E-state index in [2.05, 4.69) is 29.3 Å². The summed E-state index contributed by atoms with van der Waals surface area (Å²) >= 11 is 1.79. The lowest BCUT2D eigenvalue weighted by molar-refractivity contribution is 0.0934. The monoisotopic (exact) mass is 228 g/mol. The van der Waals surface area contributed by atoms with Crippen molar-refractivity contribution in [3.05, 3.63) is 22.4 Å². The van der Waals surface area contributed by atoms with Crippen molar-refractivity contribution in [2.24, 2.45) is 5.73 Å². The fourth-order valence-corrected chi connectivity index (χ4v) is 2.35. The van der Waals surface area contributed by atoms with Crippen molar-refractivity contribution in [1.82, 2.24) is 4.90 Å². The van der Waals surface area contributed by atoms with E-state index in [4.69, 9.17) is 10.5 Å². The van der Waals surface area contributed by atoms with Crippen LogP contribution in [0.3, 0.4) is 0 Å². The number of nitrogens with two attached hydrogens (primary N) is 1. The van der Waals surface area contributed by atoms with E-state index in [1.165, 1.54) is 4.88 Å². The Hall–Kier alpha value is -0.420. The fourth-order valence-electron chi connectivity index (χ4n) is 1.62. The van der Waals surface area contributed by atoms with E-state index >= 15 is 0 Å². The molecule has 0 radical (unpaired) electrons. The molecule has 4 heteroatoms. The van der Waals surface area contributed by atoms with Crippen LogP contribution in [0.4, 0.5) is 0 Å². The van der Waals surface area contributed by atoms with Gasteiger partial charge in [0, 0.05) is 31.1 Å². The summed E-state index contributed by atoms with van der Waals surface area (Å²) in [6.45, 7) is 5.48. The first-order chi connectivity index (χ1) is 7.31. The maximum Gasteiger partial charge on any atom is 0.0630 e. The molecule has 15 heavy (non-hydrogen) atoms. The predicted octanol–water partition coefficient (Wildman–Crippen LogP) is 1.54. The first-order valence-electron chi connectivity index (χ1n) is 5.27. The predicted molar refractivity (Wildman–Crippen MR) is 65.1 cm³/mol. The molecule has 3 nitrogen and oxygen atoms in total. The molecule has 0 aliphatic carbocycles. The Morgan fingerprint density at radius 2 is 2.40 bits per heavy atom. The second-order valence-corrected chi connectivity index (χ2v) is 4.52.